The van der Waals surface area contributed by atoms with Gasteiger partial charge >= 0.3 is 0 Å². The summed E-state index contributed by atoms with van der Waals surface area (Å²) in [7, 11) is 0. The van der Waals surface area contributed by atoms with Crippen molar-refractivity contribution >= 4 is 0 Å². The van der Waals surface area contributed by atoms with E-state index in [4.69, 9.17) is 5.73 Å². The molecule has 1 unspecified atom stereocenters. The van der Waals surface area contributed by atoms with Gasteiger partial charge in [-0.1, -0.05) is 6.42 Å². The average Bonchev–Trinajstić information content (AvgIpc) is 2.25. The number of piperazine rings is 1. The van der Waals surface area contributed by atoms with E-state index in [-0.39, 0.29) is 5.54 Å². The summed E-state index contributed by atoms with van der Waals surface area (Å²) in [6.45, 7) is 10.6. The molecule has 2 aliphatic rings. The molecule has 2 saturated heterocycles. The Morgan fingerprint density at radius 2 is 2.00 bits per heavy atom. The van der Waals surface area contributed by atoms with Crippen molar-refractivity contribution in [2.45, 2.75) is 51.1 Å². The molecule has 0 bridgehead atoms. The minimum atomic E-state index is -0.0102. The predicted octanol–water partition coefficient (Wildman–Crippen LogP) is 1.28. The van der Waals surface area contributed by atoms with Gasteiger partial charge in [-0.15, -0.1) is 0 Å². The van der Waals surface area contributed by atoms with Crippen LogP contribution in [0.1, 0.15) is 39.5 Å². The van der Waals surface area contributed by atoms with Gasteiger partial charge in [-0.05, 0) is 46.2 Å². The zero-order valence-corrected chi connectivity index (χ0v) is 10.9. The van der Waals surface area contributed by atoms with Crippen LogP contribution in [0.4, 0.5) is 0 Å². The highest BCUT2D eigenvalue weighted by atomic mass is 15.3. The van der Waals surface area contributed by atoms with E-state index in [1.165, 1.54) is 52.0 Å². The smallest absolute Gasteiger partial charge is 0.0223 e. The van der Waals surface area contributed by atoms with Crippen LogP contribution in [0.15, 0.2) is 0 Å². The lowest BCUT2D eigenvalue weighted by molar-refractivity contribution is 0.0466. The number of piperidine rings is 1. The highest BCUT2D eigenvalue weighted by Crippen LogP contribution is 2.21. The molecule has 0 aromatic rings. The molecule has 1 atom stereocenters. The summed E-state index contributed by atoms with van der Waals surface area (Å²) >= 11 is 0. The molecular weight excluding hydrogens is 198 g/mol. The highest BCUT2D eigenvalue weighted by Gasteiger charge is 2.28. The molecule has 3 nitrogen and oxygen atoms in total. The van der Waals surface area contributed by atoms with Gasteiger partial charge in [0.15, 0.2) is 0 Å². The summed E-state index contributed by atoms with van der Waals surface area (Å²) in [4.78, 5) is 5.30. The van der Waals surface area contributed by atoms with E-state index < -0.39 is 0 Å². The molecule has 94 valence electrons. The second-order valence-corrected chi connectivity index (χ2v) is 6.22. The summed E-state index contributed by atoms with van der Waals surface area (Å²) in [5, 5.41) is 0. The molecule has 3 heteroatoms. The molecule has 2 rings (SSSR count). The third kappa shape index (κ3) is 3.44. The number of nitrogens with two attached hydrogens (primary N) is 1. The summed E-state index contributed by atoms with van der Waals surface area (Å²) < 4.78 is 0. The molecule has 2 fully saturated rings. The van der Waals surface area contributed by atoms with Crippen molar-refractivity contribution in [3.05, 3.63) is 0 Å². The van der Waals surface area contributed by atoms with Gasteiger partial charge in [0.2, 0.25) is 0 Å². The zero-order valence-electron chi connectivity index (χ0n) is 10.9. The van der Waals surface area contributed by atoms with E-state index in [1.54, 1.807) is 0 Å². The molecule has 16 heavy (non-hydrogen) atoms. The van der Waals surface area contributed by atoms with Crippen molar-refractivity contribution in [2.24, 2.45) is 5.73 Å². The van der Waals surface area contributed by atoms with Crippen LogP contribution in [0.3, 0.4) is 0 Å². The second kappa shape index (κ2) is 5.03. The Labute approximate surface area is 100.0 Å². The van der Waals surface area contributed by atoms with Crippen LogP contribution in [-0.2, 0) is 0 Å². The molecule has 0 aliphatic carbocycles. The lowest BCUT2D eigenvalue weighted by Gasteiger charge is -2.44. The maximum atomic E-state index is 6.05. The average molecular weight is 225 g/mol. The van der Waals surface area contributed by atoms with Gasteiger partial charge < -0.3 is 10.6 Å². The van der Waals surface area contributed by atoms with Crippen LogP contribution in [-0.4, -0.2) is 54.1 Å². The maximum absolute atomic E-state index is 6.05. The Bertz CT molecular complexity index is 222. The Balaban J connectivity index is 1.77. The fraction of sp³-hybridized carbons (Fsp3) is 1.00. The number of fused-ring (bicyclic) bond motifs is 1. The van der Waals surface area contributed by atoms with Gasteiger partial charge in [0.25, 0.3) is 0 Å². The van der Waals surface area contributed by atoms with Crippen LogP contribution >= 0.6 is 0 Å². The van der Waals surface area contributed by atoms with Gasteiger partial charge in [-0.25, -0.2) is 0 Å². The molecule has 0 saturated carbocycles. The minimum absolute atomic E-state index is 0.0102. The molecule has 0 amide bonds. The van der Waals surface area contributed by atoms with Crippen molar-refractivity contribution in [2.75, 3.05) is 32.7 Å². The minimum Gasteiger partial charge on any atom is -0.326 e. The van der Waals surface area contributed by atoms with Gasteiger partial charge in [-0.3, -0.25) is 4.90 Å². The van der Waals surface area contributed by atoms with Crippen LogP contribution < -0.4 is 5.73 Å². The second-order valence-electron chi connectivity index (χ2n) is 6.22. The van der Waals surface area contributed by atoms with Crippen molar-refractivity contribution in [1.29, 1.82) is 0 Å². The zero-order chi connectivity index (χ0) is 11.6. The maximum Gasteiger partial charge on any atom is 0.0223 e. The van der Waals surface area contributed by atoms with E-state index in [0.29, 0.717) is 0 Å². The van der Waals surface area contributed by atoms with Gasteiger partial charge in [0.05, 0.1) is 0 Å². The van der Waals surface area contributed by atoms with Gasteiger partial charge in [-0.2, -0.15) is 0 Å². The van der Waals surface area contributed by atoms with E-state index in [9.17, 15) is 0 Å². The largest absolute Gasteiger partial charge is 0.326 e. The van der Waals surface area contributed by atoms with Gasteiger partial charge in [0, 0.05) is 31.2 Å². The lowest BCUT2D eigenvalue weighted by atomic mass is 9.98. The number of nitrogens with zero attached hydrogens (tertiary/aromatic N) is 2. The first-order valence-corrected chi connectivity index (χ1v) is 6.80. The topological polar surface area (TPSA) is 32.5 Å². The normalized spacial score (nSPS) is 29.1. The fourth-order valence-electron chi connectivity index (χ4n) is 2.87. The van der Waals surface area contributed by atoms with Crippen LogP contribution in [0, 0.1) is 0 Å². The first-order chi connectivity index (χ1) is 7.54. The molecule has 0 aromatic heterocycles. The first-order valence-electron chi connectivity index (χ1n) is 6.80. The Hall–Kier alpha value is -0.120. The third-order valence-corrected chi connectivity index (χ3v) is 3.99. The molecule has 0 aromatic carbocycles. The molecule has 0 spiro atoms. The first kappa shape index (κ1) is 12.3. The SMILES string of the molecule is CC(C)(N)CCN1CCN2CCCCC2C1. The van der Waals surface area contributed by atoms with Crippen LogP contribution in [0.5, 0.6) is 0 Å². The van der Waals surface area contributed by atoms with Gasteiger partial charge in [0.1, 0.15) is 0 Å². The highest BCUT2D eigenvalue weighted by molar-refractivity contribution is 4.86. The third-order valence-electron chi connectivity index (χ3n) is 3.99. The van der Waals surface area contributed by atoms with Crippen molar-refractivity contribution < 1.29 is 0 Å². The Kier molecular flexibility index (Phi) is 3.88. The quantitative estimate of drug-likeness (QED) is 0.785. The number of hydrogen-bond donors (Lipinski definition) is 1. The monoisotopic (exact) mass is 225 g/mol. The number of hydrogen-bond acceptors (Lipinski definition) is 3. The fourth-order valence-corrected chi connectivity index (χ4v) is 2.87. The summed E-state index contributed by atoms with van der Waals surface area (Å²) in [5.74, 6) is 0. The summed E-state index contributed by atoms with van der Waals surface area (Å²) in [6, 6.07) is 0.836. The Morgan fingerprint density at radius 1 is 1.19 bits per heavy atom. The Morgan fingerprint density at radius 3 is 2.75 bits per heavy atom. The standard InChI is InChI=1S/C13H27N3/c1-13(2,14)6-8-15-9-10-16-7-4-3-5-12(16)11-15/h12H,3-11,14H2,1-2H3. The van der Waals surface area contributed by atoms with E-state index in [1.807, 2.05) is 0 Å². The van der Waals surface area contributed by atoms with Crippen molar-refractivity contribution in [3.8, 4) is 0 Å². The molecule has 2 aliphatic heterocycles. The van der Waals surface area contributed by atoms with Crippen molar-refractivity contribution in [3.63, 3.8) is 0 Å². The van der Waals surface area contributed by atoms with Crippen molar-refractivity contribution in [1.82, 2.24) is 9.80 Å². The molecular formula is C13H27N3. The van der Waals surface area contributed by atoms with Crippen LogP contribution in [0.2, 0.25) is 0 Å². The van der Waals surface area contributed by atoms with E-state index in [0.717, 1.165) is 12.5 Å². The number of rotatable bonds is 3. The molecule has 2 N–H and O–H groups in total. The van der Waals surface area contributed by atoms with E-state index >= 15 is 0 Å². The molecule has 2 heterocycles. The summed E-state index contributed by atoms with van der Waals surface area (Å²) in [6.07, 6.45) is 5.35. The summed E-state index contributed by atoms with van der Waals surface area (Å²) in [5.41, 5.74) is 6.04. The van der Waals surface area contributed by atoms with Crippen LogP contribution in [0.25, 0.3) is 0 Å². The predicted molar refractivity (Wildman–Crippen MR) is 68.5 cm³/mol. The lowest BCUT2D eigenvalue weighted by Crippen LogP contribution is -2.55. The van der Waals surface area contributed by atoms with E-state index in [2.05, 4.69) is 23.6 Å². The molecule has 0 radical (unpaired) electrons.